The maximum atomic E-state index is 12.4. The highest BCUT2D eigenvalue weighted by atomic mass is 35.5. The first-order chi connectivity index (χ1) is 14.0. The van der Waals surface area contributed by atoms with Gasteiger partial charge < -0.3 is 14.2 Å². The van der Waals surface area contributed by atoms with Crippen LogP contribution in [0.5, 0.6) is 5.75 Å². The molecule has 0 atom stereocenters. The molecular formula is C22H28ClN3O3. The van der Waals surface area contributed by atoms with Crippen molar-refractivity contribution in [3.05, 3.63) is 46.3 Å². The van der Waals surface area contributed by atoms with Crippen LogP contribution in [0, 0.1) is 12.8 Å². The molecule has 0 bridgehead atoms. The van der Waals surface area contributed by atoms with E-state index in [1.54, 1.807) is 24.9 Å². The molecule has 1 saturated heterocycles. The number of benzene rings is 1. The van der Waals surface area contributed by atoms with Gasteiger partial charge in [-0.15, -0.1) is 0 Å². The zero-order chi connectivity index (χ0) is 20.4. The summed E-state index contributed by atoms with van der Waals surface area (Å²) in [5.41, 5.74) is 1.49. The molecule has 2 heterocycles. The highest BCUT2D eigenvalue weighted by Crippen LogP contribution is 2.36. The molecule has 0 unspecified atom stereocenters. The van der Waals surface area contributed by atoms with Crippen molar-refractivity contribution in [1.29, 1.82) is 0 Å². The molecule has 0 spiro atoms. The summed E-state index contributed by atoms with van der Waals surface area (Å²) in [7, 11) is 1.80. The van der Waals surface area contributed by atoms with Gasteiger partial charge in [0.15, 0.2) is 5.69 Å². The maximum Gasteiger partial charge on any atom is 0.275 e. The molecule has 7 heteroatoms. The third kappa shape index (κ3) is 4.75. The third-order valence-corrected chi connectivity index (χ3v) is 6.28. The lowest BCUT2D eigenvalue weighted by Crippen LogP contribution is -2.42. The van der Waals surface area contributed by atoms with Gasteiger partial charge in [0.25, 0.3) is 5.91 Å². The molecule has 2 aromatic rings. The molecule has 1 saturated carbocycles. The van der Waals surface area contributed by atoms with E-state index in [1.165, 1.54) is 12.8 Å². The number of halogens is 1. The number of hydrogen-bond acceptors (Lipinski definition) is 5. The van der Waals surface area contributed by atoms with Crippen LogP contribution in [0.1, 0.15) is 47.5 Å². The third-order valence-electron chi connectivity index (χ3n) is 5.85. The molecule has 2 aliphatic rings. The summed E-state index contributed by atoms with van der Waals surface area (Å²) in [6.07, 6.45) is 4.52. The number of amides is 1. The van der Waals surface area contributed by atoms with Crippen LogP contribution < -0.4 is 4.74 Å². The van der Waals surface area contributed by atoms with Gasteiger partial charge in [0, 0.05) is 26.2 Å². The minimum atomic E-state index is -0.108. The first-order valence-electron chi connectivity index (χ1n) is 10.3. The van der Waals surface area contributed by atoms with E-state index in [0.717, 1.165) is 48.8 Å². The fourth-order valence-electron chi connectivity index (χ4n) is 4.18. The minimum absolute atomic E-state index is 0.108. The van der Waals surface area contributed by atoms with Crippen molar-refractivity contribution in [2.24, 2.45) is 5.92 Å². The summed E-state index contributed by atoms with van der Waals surface area (Å²) in [6.45, 7) is 5.64. The number of aryl methyl sites for hydroxylation is 1. The summed E-state index contributed by atoms with van der Waals surface area (Å²) in [4.78, 5) is 16.5. The average Bonchev–Trinajstić information content (AvgIpc) is 3.33. The Morgan fingerprint density at radius 1 is 1.34 bits per heavy atom. The predicted octanol–water partition coefficient (Wildman–Crippen LogP) is 4.16. The first-order valence-corrected chi connectivity index (χ1v) is 10.7. The van der Waals surface area contributed by atoms with E-state index in [0.29, 0.717) is 23.9 Å². The molecule has 29 heavy (non-hydrogen) atoms. The zero-order valence-corrected chi connectivity index (χ0v) is 17.8. The van der Waals surface area contributed by atoms with Gasteiger partial charge in [-0.25, -0.2) is 0 Å². The molecule has 1 aromatic heterocycles. The second kappa shape index (κ2) is 8.76. The molecule has 2 fully saturated rings. The topological polar surface area (TPSA) is 58.8 Å². The van der Waals surface area contributed by atoms with Crippen LogP contribution in [0.4, 0.5) is 0 Å². The van der Waals surface area contributed by atoms with Gasteiger partial charge in [0.1, 0.15) is 11.5 Å². The Morgan fingerprint density at radius 2 is 2.10 bits per heavy atom. The average molecular weight is 418 g/mol. The lowest BCUT2D eigenvalue weighted by atomic mass is 9.82. The van der Waals surface area contributed by atoms with Crippen LogP contribution in [0.3, 0.4) is 0 Å². The lowest BCUT2D eigenvalue weighted by molar-refractivity contribution is 0.0415. The van der Waals surface area contributed by atoms with Gasteiger partial charge >= 0.3 is 0 Å². The Labute approximate surface area is 176 Å². The van der Waals surface area contributed by atoms with Gasteiger partial charge in [-0.2, -0.15) is 0 Å². The van der Waals surface area contributed by atoms with Crippen molar-refractivity contribution in [3.63, 3.8) is 0 Å². The highest BCUT2D eigenvalue weighted by Gasteiger charge is 2.33. The van der Waals surface area contributed by atoms with Crippen molar-refractivity contribution in [3.8, 4) is 5.75 Å². The van der Waals surface area contributed by atoms with E-state index in [-0.39, 0.29) is 12.0 Å². The van der Waals surface area contributed by atoms with Gasteiger partial charge in [-0.1, -0.05) is 28.9 Å². The molecule has 1 aromatic carbocycles. The summed E-state index contributed by atoms with van der Waals surface area (Å²) in [5.74, 6) is 1.73. The molecule has 1 aliphatic heterocycles. The van der Waals surface area contributed by atoms with Crippen LogP contribution in [-0.2, 0) is 6.54 Å². The molecule has 6 nitrogen and oxygen atoms in total. The fourth-order valence-corrected chi connectivity index (χ4v) is 4.41. The largest absolute Gasteiger partial charge is 0.489 e. The first kappa shape index (κ1) is 20.2. The summed E-state index contributed by atoms with van der Waals surface area (Å²) in [5, 5.41) is 4.54. The quantitative estimate of drug-likeness (QED) is 0.676. The smallest absolute Gasteiger partial charge is 0.275 e. The number of nitrogens with zero attached hydrogens (tertiary/aromatic N) is 3. The minimum Gasteiger partial charge on any atom is -0.489 e. The van der Waals surface area contributed by atoms with Gasteiger partial charge in [-0.3, -0.25) is 9.69 Å². The maximum absolute atomic E-state index is 12.4. The molecule has 1 amide bonds. The Hall–Kier alpha value is -2.05. The second-order valence-corrected chi connectivity index (χ2v) is 8.68. The van der Waals surface area contributed by atoms with Crippen LogP contribution in [0.15, 0.2) is 28.8 Å². The Kier molecular flexibility index (Phi) is 6.11. The van der Waals surface area contributed by atoms with Crippen LogP contribution >= 0.6 is 11.6 Å². The number of ether oxygens (including phenoxy) is 1. The highest BCUT2D eigenvalue weighted by molar-refractivity contribution is 6.32. The van der Waals surface area contributed by atoms with Crippen LogP contribution in [0.25, 0.3) is 0 Å². The second-order valence-electron chi connectivity index (χ2n) is 8.30. The summed E-state index contributed by atoms with van der Waals surface area (Å²) >= 11 is 6.62. The summed E-state index contributed by atoms with van der Waals surface area (Å²) in [6, 6.07) is 7.73. The van der Waals surface area contributed by atoms with Gasteiger partial charge in [0.05, 0.1) is 11.1 Å². The number of likely N-dealkylation sites (tertiary alicyclic amines) is 1. The summed E-state index contributed by atoms with van der Waals surface area (Å²) < 4.78 is 11.2. The van der Waals surface area contributed by atoms with Gasteiger partial charge in [0.2, 0.25) is 0 Å². The van der Waals surface area contributed by atoms with E-state index in [2.05, 4.69) is 16.1 Å². The zero-order valence-electron chi connectivity index (χ0n) is 17.1. The number of carbonyl (C=O) groups is 1. The van der Waals surface area contributed by atoms with E-state index < -0.39 is 0 Å². The van der Waals surface area contributed by atoms with Crippen molar-refractivity contribution in [2.45, 2.75) is 45.3 Å². The SMILES string of the molecule is Cc1cc(C(=O)N(C)CC2CC(Oc3cccc(CN4CCCC4)c3Cl)C2)no1. The lowest BCUT2D eigenvalue weighted by Gasteiger charge is -2.37. The Bertz CT molecular complexity index is 857. The number of rotatable bonds is 7. The molecule has 4 rings (SSSR count). The van der Waals surface area contributed by atoms with Gasteiger partial charge in [-0.05, 0) is 63.2 Å². The normalized spacial score (nSPS) is 21.8. The van der Waals surface area contributed by atoms with Crippen LogP contribution in [0.2, 0.25) is 5.02 Å². The molecule has 156 valence electrons. The van der Waals surface area contributed by atoms with Crippen molar-refractivity contribution in [2.75, 3.05) is 26.7 Å². The number of aromatic nitrogens is 1. The van der Waals surface area contributed by atoms with Crippen LogP contribution in [-0.4, -0.2) is 53.6 Å². The number of hydrogen-bond donors (Lipinski definition) is 0. The van der Waals surface area contributed by atoms with E-state index in [4.69, 9.17) is 20.9 Å². The van der Waals surface area contributed by atoms with Crippen molar-refractivity contribution >= 4 is 17.5 Å². The molecule has 0 N–H and O–H groups in total. The number of carbonyl (C=O) groups excluding carboxylic acids is 1. The van der Waals surface area contributed by atoms with Crippen molar-refractivity contribution < 1.29 is 14.1 Å². The van der Waals surface area contributed by atoms with E-state index >= 15 is 0 Å². The van der Waals surface area contributed by atoms with E-state index in [1.807, 2.05) is 12.1 Å². The molecular weight excluding hydrogens is 390 g/mol. The predicted molar refractivity (Wildman–Crippen MR) is 111 cm³/mol. The Morgan fingerprint density at radius 3 is 2.79 bits per heavy atom. The van der Waals surface area contributed by atoms with E-state index in [9.17, 15) is 4.79 Å². The molecule has 0 radical (unpaired) electrons. The fraction of sp³-hybridized carbons (Fsp3) is 0.545. The monoisotopic (exact) mass is 417 g/mol. The Balaban J connectivity index is 1.27. The van der Waals surface area contributed by atoms with Crippen molar-refractivity contribution in [1.82, 2.24) is 15.0 Å². The standard InChI is InChI=1S/C22H28ClN3O3/c1-15-10-19(24-29-15)22(27)25(2)13-16-11-18(12-16)28-20-7-5-6-17(21(20)23)14-26-8-3-4-9-26/h5-7,10,16,18H,3-4,8-9,11-14H2,1-2H3. The molecule has 1 aliphatic carbocycles.